The van der Waals surface area contributed by atoms with Crippen LogP contribution in [-0.2, 0) is 4.74 Å². The maximum atomic E-state index is 9.46. The first kappa shape index (κ1) is 15.6. The molecule has 3 saturated heterocycles. The summed E-state index contributed by atoms with van der Waals surface area (Å²) in [5.74, 6) is 0.871. The Morgan fingerprint density at radius 2 is 1.92 bits per heavy atom. The molecule has 24 heavy (non-hydrogen) atoms. The molecule has 4 rings (SSSR count). The van der Waals surface area contributed by atoms with Crippen molar-refractivity contribution in [3.05, 3.63) is 11.8 Å². The van der Waals surface area contributed by atoms with Crippen molar-refractivity contribution in [1.82, 2.24) is 15.1 Å². The molecule has 0 amide bonds. The molecule has 0 saturated carbocycles. The van der Waals surface area contributed by atoms with Crippen molar-refractivity contribution in [2.24, 2.45) is 0 Å². The highest BCUT2D eigenvalue weighted by Crippen LogP contribution is 2.31. The summed E-state index contributed by atoms with van der Waals surface area (Å²) in [4.78, 5) is 6.89. The lowest BCUT2D eigenvalue weighted by Gasteiger charge is -2.40. The summed E-state index contributed by atoms with van der Waals surface area (Å²) in [6, 6.07) is 4.62. The summed E-state index contributed by atoms with van der Waals surface area (Å²) in [6.45, 7) is 6.83. The van der Waals surface area contributed by atoms with Gasteiger partial charge in [0.05, 0.1) is 17.9 Å². The summed E-state index contributed by atoms with van der Waals surface area (Å²) >= 11 is 0. The molecule has 3 atom stereocenters. The molecule has 1 aromatic rings. The summed E-state index contributed by atoms with van der Waals surface area (Å²) in [5, 5.41) is 18.0. The van der Waals surface area contributed by atoms with Crippen LogP contribution in [0.1, 0.15) is 25.5 Å². The van der Waals surface area contributed by atoms with E-state index in [4.69, 9.17) is 4.74 Å². The molecule has 0 aliphatic carbocycles. The van der Waals surface area contributed by atoms with E-state index in [0.29, 0.717) is 23.9 Å². The van der Waals surface area contributed by atoms with Crippen molar-refractivity contribution in [3.8, 4) is 6.07 Å². The number of ether oxygens (including phenoxy) is 1. The van der Waals surface area contributed by atoms with Crippen molar-refractivity contribution in [3.63, 3.8) is 0 Å². The van der Waals surface area contributed by atoms with Crippen molar-refractivity contribution >= 4 is 11.5 Å². The van der Waals surface area contributed by atoms with Crippen LogP contribution in [0.15, 0.2) is 6.07 Å². The van der Waals surface area contributed by atoms with Gasteiger partial charge in [-0.05, 0) is 26.8 Å². The molecule has 1 aromatic heterocycles. The number of aromatic nitrogens is 2. The van der Waals surface area contributed by atoms with Crippen LogP contribution in [-0.4, -0.2) is 73.1 Å². The zero-order chi connectivity index (χ0) is 16.7. The normalized spacial score (nSPS) is 30.5. The largest absolute Gasteiger partial charge is 0.371 e. The fourth-order valence-electron chi connectivity index (χ4n) is 4.12. The number of fused-ring (bicyclic) bond motifs is 2. The van der Waals surface area contributed by atoms with Gasteiger partial charge in [-0.1, -0.05) is 0 Å². The highest BCUT2D eigenvalue weighted by atomic mass is 16.5. The second-order valence-electron chi connectivity index (χ2n) is 7.22. The minimum atomic E-state index is 0.312. The summed E-state index contributed by atoms with van der Waals surface area (Å²) in [5.41, 5.74) is 1.34. The third-order valence-electron chi connectivity index (χ3n) is 5.37. The molecule has 128 valence electrons. The highest BCUT2D eigenvalue weighted by molar-refractivity contribution is 5.62. The third-order valence-corrected chi connectivity index (χ3v) is 5.37. The Morgan fingerprint density at radius 1 is 1.17 bits per heavy atom. The Balaban J connectivity index is 1.62. The minimum absolute atomic E-state index is 0.312. The molecule has 0 aromatic carbocycles. The quantitative estimate of drug-likeness (QED) is 0.797. The fourth-order valence-corrected chi connectivity index (χ4v) is 4.12. The number of nitriles is 1. The van der Waals surface area contributed by atoms with E-state index in [1.54, 1.807) is 0 Å². The lowest BCUT2D eigenvalue weighted by molar-refractivity contribution is 0.0302. The second-order valence-corrected chi connectivity index (χ2v) is 7.22. The number of piperazine rings is 1. The highest BCUT2D eigenvalue weighted by Gasteiger charge is 2.35. The Hall–Kier alpha value is -1.91. The zero-order valence-electron chi connectivity index (χ0n) is 14.4. The first-order valence-electron chi connectivity index (χ1n) is 8.77. The molecule has 0 N–H and O–H groups in total. The molecule has 7 heteroatoms. The van der Waals surface area contributed by atoms with E-state index in [0.717, 1.165) is 57.1 Å². The van der Waals surface area contributed by atoms with Crippen LogP contribution in [0.5, 0.6) is 0 Å². The third kappa shape index (κ3) is 2.80. The van der Waals surface area contributed by atoms with Crippen LogP contribution in [0.3, 0.4) is 0 Å². The first-order valence-corrected chi connectivity index (χ1v) is 8.77. The number of anilines is 2. The van der Waals surface area contributed by atoms with Crippen LogP contribution < -0.4 is 9.80 Å². The number of morpholine rings is 1. The number of nitrogens with zero attached hydrogens (tertiary/aromatic N) is 6. The van der Waals surface area contributed by atoms with Crippen LogP contribution in [0, 0.1) is 11.3 Å². The lowest BCUT2D eigenvalue weighted by Crippen LogP contribution is -2.51. The van der Waals surface area contributed by atoms with E-state index in [1.165, 1.54) is 0 Å². The maximum Gasteiger partial charge on any atom is 0.186 e. The SMILES string of the molecule is CC1CN(C)CCN1c1cc(N2CC3CCC(C2)O3)nnc1C#N. The Morgan fingerprint density at radius 3 is 2.58 bits per heavy atom. The summed E-state index contributed by atoms with van der Waals surface area (Å²) in [7, 11) is 2.14. The lowest BCUT2D eigenvalue weighted by atomic mass is 10.1. The molecule has 3 aliphatic rings. The average molecular weight is 328 g/mol. The van der Waals surface area contributed by atoms with Crippen molar-refractivity contribution < 1.29 is 4.74 Å². The Labute approximate surface area is 142 Å². The van der Waals surface area contributed by atoms with Crippen LogP contribution in [0.25, 0.3) is 0 Å². The molecule has 0 spiro atoms. The average Bonchev–Trinajstić information content (AvgIpc) is 2.92. The van der Waals surface area contributed by atoms with Gasteiger partial charge in [0.1, 0.15) is 6.07 Å². The van der Waals surface area contributed by atoms with Gasteiger partial charge in [0.2, 0.25) is 0 Å². The summed E-state index contributed by atoms with van der Waals surface area (Å²) < 4.78 is 5.91. The standard InChI is InChI=1S/C17H24N6O/c1-12-9-21(2)5-6-23(12)16-7-17(20-19-15(16)8-18)22-10-13-3-4-14(11-22)24-13/h7,12-14H,3-6,9-11H2,1-2H3. The number of hydrogen-bond acceptors (Lipinski definition) is 7. The summed E-state index contributed by atoms with van der Waals surface area (Å²) in [6.07, 6.45) is 2.89. The zero-order valence-corrected chi connectivity index (χ0v) is 14.4. The minimum Gasteiger partial charge on any atom is -0.371 e. The predicted octanol–water partition coefficient (Wildman–Crippen LogP) is 0.856. The fraction of sp³-hybridized carbons (Fsp3) is 0.706. The number of rotatable bonds is 2. The van der Waals surface area contributed by atoms with Gasteiger partial charge >= 0.3 is 0 Å². The Kier molecular flexibility index (Phi) is 4.02. The maximum absolute atomic E-state index is 9.46. The van der Waals surface area contributed by atoms with Crippen LogP contribution in [0.2, 0.25) is 0 Å². The van der Waals surface area contributed by atoms with Gasteiger partial charge in [-0.3, -0.25) is 0 Å². The molecule has 7 nitrogen and oxygen atoms in total. The Bertz CT molecular complexity index is 647. The smallest absolute Gasteiger partial charge is 0.186 e. The van der Waals surface area contributed by atoms with Crippen molar-refractivity contribution in [1.29, 1.82) is 5.26 Å². The van der Waals surface area contributed by atoms with Crippen LogP contribution >= 0.6 is 0 Å². The van der Waals surface area contributed by atoms with Gasteiger partial charge in [-0.15, -0.1) is 10.2 Å². The van der Waals surface area contributed by atoms with E-state index in [-0.39, 0.29) is 0 Å². The van der Waals surface area contributed by atoms with E-state index >= 15 is 0 Å². The molecular formula is C17H24N6O. The van der Waals surface area contributed by atoms with Gasteiger partial charge < -0.3 is 19.4 Å². The molecule has 4 heterocycles. The monoisotopic (exact) mass is 328 g/mol. The van der Waals surface area contributed by atoms with Gasteiger partial charge in [0, 0.05) is 44.8 Å². The topological polar surface area (TPSA) is 68.5 Å². The van der Waals surface area contributed by atoms with Gasteiger partial charge in [0.15, 0.2) is 11.5 Å². The van der Waals surface area contributed by atoms with E-state index < -0.39 is 0 Å². The second kappa shape index (κ2) is 6.19. The first-order chi connectivity index (χ1) is 11.6. The predicted molar refractivity (Wildman–Crippen MR) is 91.2 cm³/mol. The van der Waals surface area contributed by atoms with E-state index in [9.17, 15) is 5.26 Å². The van der Waals surface area contributed by atoms with Crippen LogP contribution in [0.4, 0.5) is 11.5 Å². The van der Waals surface area contributed by atoms with Crippen molar-refractivity contribution in [2.45, 2.75) is 38.0 Å². The molecule has 3 fully saturated rings. The van der Waals surface area contributed by atoms with Gasteiger partial charge in [-0.25, -0.2) is 0 Å². The van der Waals surface area contributed by atoms with Gasteiger partial charge in [0.25, 0.3) is 0 Å². The van der Waals surface area contributed by atoms with Crippen molar-refractivity contribution in [2.75, 3.05) is 49.6 Å². The number of hydrogen-bond donors (Lipinski definition) is 0. The van der Waals surface area contributed by atoms with E-state index in [2.05, 4.69) is 51.0 Å². The van der Waals surface area contributed by atoms with E-state index in [1.807, 2.05) is 0 Å². The molecule has 0 radical (unpaired) electrons. The molecule has 3 aliphatic heterocycles. The van der Waals surface area contributed by atoms with Gasteiger partial charge in [-0.2, -0.15) is 5.26 Å². The molecule has 2 bridgehead atoms. The number of likely N-dealkylation sites (N-methyl/N-ethyl adjacent to an activating group) is 1. The molecule has 3 unspecified atom stereocenters. The molecular weight excluding hydrogens is 304 g/mol.